The molecule has 0 radical (unpaired) electrons. The monoisotopic (exact) mass is 216 g/mol. The van der Waals surface area contributed by atoms with Crippen molar-refractivity contribution in [1.82, 2.24) is 0 Å². The average molecular weight is 217 g/mol. The van der Waals surface area contributed by atoms with Gasteiger partial charge in [0.15, 0.2) is 5.78 Å². The van der Waals surface area contributed by atoms with Crippen molar-refractivity contribution in [1.29, 1.82) is 0 Å². The van der Waals surface area contributed by atoms with E-state index in [1.54, 1.807) is 0 Å². The number of benzene rings is 2. The van der Waals surface area contributed by atoms with Crippen molar-refractivity contribution in [2.24, 2.45) is 0 Å². The van der Waals surface area contributed by atoms with E-state index in [1.165, 1.54) is 0 Å². The maximum atomic E-state index is 11.6. The number of ketones is 1. The Labute approximate surface area is 92.7 Å². The van der Waals surface area contributed by atoms with Crippen LogP contribution in [-0.4, -0.2) is 5.78 Å². The molecule has 0 N–H and O–H groups in total. The highest BCUT2D eigenvalue weighted by molar-refractivity contribution is 6.35. The van der Waals surface area contributed by atoms with Crippen molar-refractivity contribution in [3.8, 4) is 0 Å². The standard InChI is InChI=1S/C13H9ClO/c14-12-3-1-2-8-7-11-9(6-10(8)12)4-5-13(11)15/h1-3,6-7H,4-5H2. The van der Waals surface area contributed by atoms with Gasteiger partial charge >= 0.3 is 0 Å². The summed E-state index contributed by atoms with van der Waals surface area (Å²) in [6.07, 6.45) is 1.50. The molecule has 0 unspecified atom stereocenters. The first-order chi connectivity index (χ1) is 7.25. The van der Waals surface area contributed by atoms with E-state index < -0.39 is 0 Å². The molecule has 74 valence electrons. The van der Waals surface area contributed by atoms with E-state index in [0.29, 0.717) is 6.42 Å². The van der Waals surface area contributed by atoms with Crippen LogP contribution in [0.15, 0.2) is 30.3 Å². The second-order valence-electron chi connectivity index (χ2n) is 3.89. The molecule has 2 aromatic rings. The van der Waals surface area contributed by atoms with Gasteiger partial charge in [-0.05, 0) is 35.6 Å². The predicted octanol–water partition coefficient (Wildman–Crippen LogP) is 3.62. The number of hydrogen-bond donors (Lipinski definition) is 0. The zero-order valence-electron chi connectivity index (χ0n) is 8.09. The number of carbonyl (C=O) groups excluding carboxylic acids is 1. The summed E-state index contributed by atoms with van der Waals surface area (Å²) in [5.74, 6) is 0.256. The molecule has 0 saturated carbocycles. The molecule has 2 heteroatoms. The van der Waals surface area contributed by atoms with Gasteiger partial charge in [0.05, 0.1) is 0 Å². The van der Waals surface area contributed by atoms with E-state index in [4.69, 9.17) is 11.6 Å². The van der Waals surface area contributed by atoms with Crippen LogP contribution in [0, 0.1) is 0 Å². The molecule has 0 heterocycles. The van der Waals surface area contributed by atoms with Crippen LogP contribution in [0.1, 0.15) is 22.3 Å². The number of hydrogen-bond acceptors (Lipinski definition) is 1. The van der Waals surface area contributed by atoms with Crippen molar-refractivity contribution in [2.45, 2.75) is 12.8 Å². The summed E-state index contributed by atoms with van der Waals surface area (Å²) >= 11 is 6.11. The van der Waals surface area contributed by atoms with Gasteiger partial charge in [0.2, 0.25) is 0 Å². The van der Waals surface area contributed by atoms with Gasteiger partial charge in [-0.15, -0.1) is 0 Å². The minimum atomic E-state index is 0.256. The lowest BCUT2D eigenvalue weighted by Gasteiger charge is -2.03. The Kier molecular flexibility index (Phi) is 1.83. The van der Waals surface area contributed by atoms with Crippen molar-refractivity contribution in [2.75, 3.05) is 0 Å². The minimum absolute atomic E-state index is 0.256. The number of Topliss-reactive ketones (excluding diaryl/α,β-unsaturated/α-hetero) is 1. The molecule has 0 amide bonds. The Morgan fingerprint density at radius 3 is 2.87 bits per heavy atom. The van der Waals surface area contributed by atoms with Crippen molar-refractivity contribution in [3.63, 3.8) is 0 Å². The second kappa shape index (κ2) is 3.07. The quantitative estimate of drug-likeness (QED) is 0.657. The van der Waals surface area contributed by atoms with Crippen LogP contribution in [0.2, 0.25) is 5.02 Å². The molecule has 0 saturated heterocycles. The molecule has 2 aromatic carbocycles. The molecule has 0 aromatic heterocycles. The first kappa shape index (κ1) is 8.93. The van der Waals surface area contributed by atoms with Crippen LogP contribution >= 0.6 is 11.6 Å². The third-order valence-electron chi connectivity index (χ3n) is 2.97. The van der Waals surface area contributed by atoms with Gasteiger partial charge in [-0.3, -0.25) is 4.79 Å². The topological polar surface area (TPSA) is 17.1 Å². The Morgan fingerprint density at radius 1 is 1.13 bits per heavy atom. The number of carbonyl (C=O) groups is 1. The first-order valence-corrected chi connectivity index (χ1v) is 5.38. The normalized spacial score (nSPS) is 14.6. The smallest absolute Gasteiger partial charge is 0.163 e. The fraction of sp³-hybridized carbons (Fsp3) is 0.154. The van der Waals surface area contributed by atoms with Gasteiger partial charge in [0.25, 0.3) is 0 Å². The Balaban J connectivity index is 2.40. The van der Waals surface area contributed by atoms with Gasteiger partial charge in [-0.1, -0.05) is 23.7 Å². The van der Waals surface area contributed by atoms with Gasteiger partial charge < -0.3 is 0 Å². The third-order valence-corrected chi connectivity index (χ3v) is 3.30. The van der Waals surface area contributed by atoms with E-state index >= 15 is 0 Å². The molecule has 0 atom stereocenters. The van der Waals surface area contributed by atoms with E-state index in [9.17, 15) is 4.79 Å². The molecule has 0 bridgehead atoms. The predicted molar refractivity (Wildman–Crippen MR) is 61.6 cm³/mol. The van der Waals surface area contributed by atoms with E-state index in [-0.39, 0.29) is 5.78 Å². The summed E-state index contributed by atoms with van der Waals surface area (Å²) in [5, 5.41) is 2.86. The molecule has 1 aliphatic rings. The van der Waals surface area contributed by atoms with Gasteiger partial charge in [-0.2, -0.15) is 0 Å². The Morgan fingerprint density at radius 2 is 2.00 bits per heavy atom. The molecule has 15 heavy (non-hydrogen) atoms. The lowest BCUT2D eigenvalue weighted by molar-refractivity contribution is 0.0994. The summed E-state index contributed by atoms with van der Waals surface area (Å²) in [5.41, 5.74) is 2.02. The van der Waals surface area contributed by atoms with Crippen molar-refractivity contribution >= 4 is 28.2 Å². The average Bonchev–Trinajstić information content (AvgIpc) is 2.59. The largest absolute Gasteiger partial charge is 0.294 e. The number of rotatable bonds is 0. The van der Waals surface area contributed by atoms with Crippen LogP contribution in [0.5, 0.6) is 0 Å². The van der Waals surface area contributed by atoms with Gasteiger partial charge in [0, 0.05) is 22.4 Å². The first-order valence-electron chi connectivity index (χ1n) is 5.00. The fourth-order valence-corrected chi connectivity index (χ4v) is 2.42. The third kappa shape index (κ3) is 1.27. The molecule has 3 rings (SSSR count). The highest BCUT2D eigenvalue weighted by Gasteiger charge is 2.19. The zero-order chi connectivity index (χ0) is 10.4. The summed E-state index contributed by atoms with van der Waals surface area (Å²) in [6.45, 7) is 0. The molecule has 1 nitrogen and oxygen atoms in total. The van der Waals surface area contributed by atoms with Gasteiger partial charge in [-0.25, -0.2) is 0 Å². The lowest BCUT2D eigenvalue weighted by atomic mass is 10.0. The second-order valence-corrected chi connectivity index (χ2v) is 4.30. The number of halogens is 1. The van der Waals surface area contributed by atoms with Crippen LogP contribution in [-0.2, 0) is 6.42 Å². The molecular formula is C13H9ClO. The summed E-state index contributed by atoms with van der Waals surface area (Å²) < 4.78 is 0. The van der Waals surface area contributed by atoms with Crippen molar-refractivity contribution in [3.05, 3.63) is 46.5 Å². The van der Waals surface area contributed by atoms with Crippen LogP contribution in [0.25, 0.3) is 10.8 Å². The molecular weight excluding hydrogens is 208 g/mol. The fourth-order valence-electron chi connectivity index (χ4n) is 2.18. The SMILES string of the molecule is O=C1CCc2cc3c(Cl)cccc3cc21. The van der Waals surface area contributed by atoms with Crippen LogP contribution < -0.4 is 0 Å². The maximum Gasteiger partial charge on any atom is 0.163 e. The maximum absolute atomic E-state index is 11.6. The molecule has 0 aliphatic heterocycles. The molecule has 0 fully saturated rings. The van der Waals surface area contributed by atoms with E-state index in [1.807, 2.05) is 24.3 Å². The highest BCUT2D eigenvalue weighted by Crippen LogP contribution is 2.30. The van der Waals surface area contributed by atoms with Crippen molar-refractivity contribution < 1.29 is 4.79 Å². The van der Waals surface area contributed by atoms with E-state index in [2.05, 4.69) is 6.07 Å². The van der Waals surface area contributed by atoms with Crippen LogP contribution in [0.3, 0.4) is 0 Å². The molecule has 0 spiro atoms. The Hall–Kier alpha value is -1.34. The minimum Gasteiger partial charge on any atom is -0.294 e. The van der Waals surface area contributed by atoms with E-state index in [0.717, 1.165) is 33.3 Å². The molecule has 1 aliphatic carbocycles. The lowest BCUT2D eigenvalue weighted by Crippen LogP contribution is -1.90. The summed E-state index contributed by atoms with van der Waals surface area (Å²) in [4.78, 5) is 11.6. The zero-order valence-corrected chi connectivity index (χ0v) is 8.84. The number of aryl methyl sites for hydroxylation is 1. The van der Waals surface area contributed by atoms with Gasteiger partial charge in [0.1, 0.15) is 0 Å². The number of fused-ring (bicyclic) bond motifs is 2. The Bertz CT molecular complexity index is 572. The summed E-state index contributed by atoms with van der Waals surface area (Å²) in [7, 11) is 0. The summed E-state index contributed by atoms with van der Waals surface area (Å²) in [6, 6.07) is 9.81. The van der Waals surface area contributed by atoms with Crippen LogP contribution in [0.4, 0.5) is 0 Å². The highest BCUT2D eigenvalue weighted by atomic mass is 35.5.